The number of hydrogen-bond acceptors (Lipinski definition) is 6. The molecular weight excluding hydrogens is 598 g/mol. The molecule has 1 spiro atoms. The Balaban J connectivity index is 1.48. The molecule has 2 saturated heterocycles. The van der Waals surface area contributed by atoms with Crippen molar-refractivity contribution in [1.82, 2.24) is 4.90 Å². The molecule has 8 nitrogen and oxygen atoms in total. The zero-order valence-electron chi connectivity index (χ0n) is 27.6. The molecule has 244 valence electrons. The first-order valence-electron chi connectivity index (χ1n) is 16.4. The van der Waals surface area contributed by atoms with Crippen LogP contribution in [0.1, 0.15) is 45.2 Å². The Morgan fingerprint density at radius 3 is 2.30 bits per heavy atom. The van der Waals surface area contributed by atoms with Gasteiger partial charge in [0.15, 0.2) is 0 Å². The molecule has 1 N–H and O–H groups in total. The van der Waals surface area contributed by atoms with Gasteiger partial charge in [0.2, 0.25) is 11.8 Å². The first-order chi connectivity index (χ1) is 22.0. The lowest BCUT2D eigenvalue weighted by Gasteiger charge is -2.40. The molecule has 4 aliphatic heterocycles. The van der Waals surface area contributed by atoms with Crippen molar-refractivity contribution in [1.29, 1.82) is 0 Å². The van der Waals surface area contributed by atoms with Crippen LogP contribution in [0.5, 0.6) is 5.75 Å². The number of likely N-dealkylation sites (tertiary alicyclic amines) is 1. The van der Waals surface area contributed by atoms with E-state index in [0.717, 1.165) is 28.3 Å². The molecule has 4 aliphatic rings. The van der Waals surface area contributed by atoms with E-state index >= 15 is 0 Å². The Hall–Kier alpha value is -3.56. The lowest BCUT2D eigenvalue weighted by Crippen LogP contribution is -2.57. The molecule has 1 unspecified atom stereocenters. The number of carbonyl (C=O) groups excluding carboxylic acids is 3. The standard InChI is InChI=1S/C37H45N3O5S/c1-7-45-28-14-12-26(13-15-28)38-18-8-16-36(6)30(33(38)42)31-34(43)40(27(22-41)20-23(2)3)32-35(44)39(19-9-17-37(31,32)46-36)29-21-24(4)10-11-25(29)5/h8-17,21,23,27,30-32,41H,7,18-20,22H2,1-6H3/t27-,30+,31+,32?,36-,37+/m1/s1. The van der Waals surface area contributed by atoms with Gasteiger partial charge in [-0.3, -0.25) is 14.4 Å². The van der Waals surface area contributed by atoms with Gasteiger partial charge >= 0.3 is 0 Å². The minimum atomic E-state index is -0.994. The molecular formula is C37H45N3O5S. The third-order valence-corrected chi connectivity index (χ3v) is 11.8. The SMILES string of the molecule is CCOc1ccc(N2CC=C[C@@]3(C)S[C@]45C=CCN(c6cc(C)ccc6C)C(=O)C4N([C@@H](CO)CC(C)C)C(=O)[C@@H]5[C@H]3C2=O)cc1. The lowest BCUT2D eigenvalue weighted by molar-refractivity contribution is -0.142. The fraction of sp³-hybridized carbons (Fsp3) is 0.486. The first kappa shape index (κ1) is 32.4. The number of anilines is 2. The summed E-state index contributed by atoms with van der Waals surface area (Å²) in [6.07, 6.45) is 8.66. The summed E-state index contributed by atoms with van der Waals surface area (Å²) in [5.74, 6) is -1.14. The van der Waals surface area contributed by atoms with Crippen molar-refractivity contribution in [2.45, 2.75) is 69.5 Å². The van der Waals surface area contributed by atoms with Gasteiger partial charge in [0, 0.05) is 29.2 Å². The van der Waals surface area contributed by atoms with Gasteiger partial charge in [-0.15, -0.1) is 11.8 Å². The van der Waals surface area contributed by atoms with E-state index in [9.17, 15) is 19.5 Å². The van der Waals surface area contributed by atoms with Crippen molar-refractivity contribution in [3.63, 3.8) is 0 Å². The number of thioether (sulfide) groups is 1. The van der Waals surface area contributed by atoms with Crippen molar-refractivity contribution in [3.05, 3.63) is 77.9 Å². The molecule has 0 bridgehead atoms. The number of rotatable bonds is 8. The van der Waals surface area contributed by atoms with E-state index in [4.69, 9.17) is 4.74 Å². The Labute approximate surface area is 276 Å². The molecule has 2 aromatic rings. The average molecular weight is 644 g/mol. The van der Waals surface area contributed by atoms with Gasteiger partial charge in [-0.1, -0.05) is 50.3 Å². The number of carbonyl (C=O) groups is 3. The Bertz CT molecular complexity index is 1590. The van der Waals surface area contributed by atoms with Gasteiger partial charge in [-0.2, -0.15) is 0 Å². The minimum absolute atomic E-state index is 0.138. The Morgan fingerprint density at radius 2 is 1.63 bits per heavy atom. The maximum Gasteiger partial charge on any atom is 0.251 e. The van der Waals surface area contributed by atoms with Crippen molar-refractivity contribution >= 4 is 40.9 Å². The second-order valence-electron chi connectivity index (χ2n) is 13.6. The van der Waals surface area contributed by atoms with Crippen LogP contribution in [0, 0.1) is 31.6 Å². The van der Waals surface area contributed by atoms with E-state index in [1.54, 1.807) is 26.5 Å². The second-order valence-corrected chi connectivity index (χ2v) is 15.4. The van der Waals surface area contributed by atoms with E-state index in [2.05, 4.69) is 19.9 Å². The largest absolute Gasteiger partial charge is 0.494 e. The van der Waals surface area contributed by atoms with Crippen molar-refractivity contribution in [2.24, 2.45) is 17.8 Å². The highest BCUT2D eigenvalue weighted by atomic mass is 32.2. The molecule has 4 heterocycles. The molecule has 2 fully saturated rings. The third-order valence-electron chi connectivity index (χ3n) is 9.96. The Kier molecular flexibility index (Phi) is 8.61. The molecule has 0 radical (unpaired) electrons. The Morgan fingerprint density at radius 1 is 0.935 bits per heavy atom. The van der Waals surface area contributed by atoms with Crippen LogP contribution in [-0.2, 0) is 14.4 Å². The molecule has 0 saturated carbocycles. The summed E-state index contributed by atoms with van der Waals surface area (Å²) in [6, 6.07) is 12.1. The third kappa shape index (κ3) is 5.16. The first-order valence-corrected chi connectivity index (χ1v) is 17.2. The number of benzene rings is 2. The normalized spacial score (nSPS) is 29.5. The van der Waals surface area contributed by atoms with Crippen molar-refractivity contribution in [2.75, 3.05) is 36.1 Å². The molecule has 0 aromatic heterocycles. The van der Waals surface area contributed by atoms with Crippen LogP contribution in [0.4, 0.5) is 11.4 Å². The lowest BCUT2D eigenvalue weighted by atomic mass is 9.74. The van der Waals surface area contributed by atoms with Gasteiger partial charge in [-0.25, -0.2) is 0 Å². The maximum atomic E-state index is 15.0. The summed E-state index contributed by atoms with van der Waals surface area (Å²) in [5, 5.41) is 10.7. The smallest absolute Gasteiger partial charge is 0.251 e. The highest BCUT2D eigenvalue weighted by Crippen LogP contribution is 2.66. The average Bonchev–Trinajstić information content (AvgIpc) is 3.29. The molecule has 2 aromatic carbocycles. The number of fused-ring (bicyclic) bond motifs is 2. The minimum Gasteiger partial charge on any atom is -0.494 e. The van der Waals surface area contributed by atoms with Gasteiger partial charge < -0.3 is 24.5 Å². The van der Waals surface area contributed by atoms with Crippen LogP contribution >= 0.6 is 11.8 Å². The quantitative estimate of drug-likeness (QED) is 0.393. The van der Waals surface area contributed by atoms with Gasteiger partial charge in [0.05, 0.1) is 35.8 Å². The summed E-state index contributed by atoms with van der Waals surface area (Å²) in [6.45, 7) is 13.1. The van der Waals surface area contributed by atoms with Crippen LogP contribution in [0.25, 0.3) is 0 Å². The fourth-order valence-corrected chi connectivity index (χ4v) is 10.2. The topological polar surface area (TPSA) is 90.4 Å². The highest BCUT2D eigenvalue weighted by molar-refractivity contribution is 8.02. The number of nitrogens with zero attached hydrogens (tertiary/aromatic N) is 3. The summed E-state index contributed by atoms with van der Waals surface area (Å²) >= 11 is 1.57. The van der Waals surface area contributed by atoms with Gasteiger partial charge in [0.1, 0.15) is 11.8 Å². The van der Waals surface area contributed by atoms with Crippen LogP contribution < -0.4 is 14.5 Å². The number of ether oxygens (including phenoxy) is 1. The van der Waals surface area contributed by atoms with Crippen molar-refractivity contribution in [3.8, 4) is 5.75 Å². The van der Waals surface area contributed by atoms with Gasteiger partial charge in [0.25, 0.3) is 5.91 Å². The number of hydrogen-bond donors (Lipinski definition) is 1. The van der Waals surface area contributed by atoms with E-state index in [0.29, 0.717) is 26.1 Å². The number of amides is 3. The van der Waals surface area contributed by atoms with Crippen LogP contribution in [0.3, 0.4) is 0 Å². The van der Waals surface area contributed by atoms with Crippen LogP contribution in [0.15, 0.2) is 66.8 Å². The predicted octanol–water partition coefficient (Wildman–Crippen LogP) is 5.30. The summed E-state index contributed by atoms with van der Waals surface area (Å²) in [7, 11) is 0. The monoisotopic (exact) mass is 643 g/mol. The summed E-state index contributed by atoms with van der Waals surface area (Å²) < 4.78 is 3.91. The predicted molar refractivity (Wildman–Crippen MR) is 183 cm³/mol. The van der Waals surface area contributed by atoms with Crippen LogP contribution in [-0.4, -0.2) is 75.6 Å². The molecule has 9 heteroatoms. The zero-order chi connectivity index (χ0) is 33.0. The van der Waals surface area contributed by atoms with E-state index < -0.39 is 33.4 Å². The summed E-state index contributed by atoms with van der Waals surface area (Å²) in [5.41, 5.74) is 3.55. The maximum absolute atomic E-state index is 15.0. The molecule has 0 aliphatic carbocycles. The van der Waals surface area contributed by atoms with Gasteiger partial charge in [-0.05, 0) is 81.5 Å². The van der Waals surface area contributed by atoms with Crippen LogP contribution in [0.2, 0.25) is 0 Å². The molecule has 6 atom stereocenters. The number of aryl methyl sites for hydroxylation is 2. The van der Waals surface area contributed by atoms with E-state index in [1.165, 1.54) is 0 Å². The second kappa shape index (κ2) is 12.2. The van der Waals surface area contributed by atoms with E-state index in [1.807, 2.05) is 88.4 Å². The summed E-state index contributed by atoms with van der Waals surface area (Å²) in [4.78, 5) is 49.9. The molecule has 6 rings (SSSR count). The molecule has 3 amide bonds. The fourth-order valence-electron chi connectivity index (χ4n) is 8.02. The molecule has 46 heavy (non-hydrogen) atoms. The number of aliphatic hydroxyl groups excluding tert-OH is 1. The van der Waals surface area contributed by atoms with Crippen molar-refractivity contribution < 1.29 is 24.2 Å². The zero-order valence-corrected chi connectivity index (χ0v) is 28.4. The highest BCUT2D eigenvalue weighted by Gasteiger charge is 2.74. The number of aliphatic hydroxyl groups is 1. The van der Waals surface area contributed by atoms with E-state index in [-0.39, 0.29) is 30.2 Å².